The zero-order valence-corrected chi connectivity index (χ0v) is 11.4. The fourth-order valence-electron chi connectivity index (χ4n) is 3.58. The molecular weight excluding hydrogens is 194 g/mol. The number of hydrogen-bond donors (Lipinski definition) is 0. The highest BCUT2D eigenvalue weighted by Crippen LogP contribution is 2.59. The van der Waals surface area contributed by atoms with Crippen LogP contribution in [0.25, 0.3) is 0 Å². The van der Waals surface area contributed by atoms with Crippen LogP contribution in [0.5, 0.6) is 0 Å². The van der Waals surface area contributed by atoms with Gasteiger partial charge in [0, 0.05) is 6.54 Å². The van der Waals surface area contributed by atoms with Gasteiger partial charge < -0.3 is 4.90 Å². The fraction of sp³-hybridized carbons (Fsp3) is 0.867. The predicted octanol–water partition coefficient (Wildman–Crippen LogP) is 3.71. The second-order valence-corrected chi connectivity index (χ2v) is 6.10. The van der Waals surface area contributed by atoms with Gasteiger partial charge in [0.2, 0.25) is 0 Å². The van der Waals surface area contributed by atoms with Gasteiger partial charge in [0.25, 0.3) is 0 Å². The number of nitrogens with zero attached hydrogens (tertiary/aromatic N) is 1. The summed E-state index contributed by atoms with van der Waals surface area (Å²) in [5.41, 5.74) is 2.37. The molecule has 1 fully saturated rings. The summed E-state index contributed by atoms with van der Waals surface area (Å²) < 4.78 is 0. The summed E-state index contributed by atoms with van der Waals surface area (Å²) in [4.78, 5) is 2.54. The van der Waals surface area contributed by atoms with E-state index in [9.17, 15) is 0 Å². The minimum atomic E-state index is 0.605. The van der Waals surface area contributed by atoms with E-state index < -0.39 is 0 Å². The molecule has 0 saturated heterocycles. The highest BCUT2D eigenvalue weighted by molar-refractivity contribution is 5.23. The van der Waals surface area contributed by atoms with Gasteiger partial charge in [-0.05, 0) is 49.6 Å². The third-order valence-electron chi connectivity index (χ3n) is 5.19. The molecule has 92 valence electrons. The van der Waals surface area contributed by atoms with Gasteiger partial charge in [0.05, 0.1) is 0 Å². The van der Waals surface area contributed by atoms with Crippen LogP contribution in [0, 0.1) is 17.3 Å². The molecule has 0 aliphatic heterocycles. The maximum Gasteiger partial charge on any atom is 0.00184 e. The van der Waals surface area contributed by atoms with E-state index in [0.29, 0.717) is 5.41 Å². The van der Waals surface area contributed by atoms with Gasteiger partial charge in [-0.3, -0.25) is 0 Å². The molecule has 0 aromatic heterocycles. The minimum absolute atomic E-state index is 0.605. The van der Waals surface area contributed by atoms with Crippen LogP contribution < -0.4 is 0 Å². The Kier molecular flexibility index (Phi) is 3.44. The van der Waals surface area contributed by atoms with Crippen molar-refractivity contribution in [2.45, 2.75) is 47.0 Å². The molecule has 2 atom stereocenters. The minimum Gasteiger partial charge on any atom is -0.304 e. The Morgan fingerprint density at radius 1 is 1.31 bits per heavy atom. The van der Waals surface area contributed by atoms with Crippen LogP contribution in [0.4, 0.5) is 0 Å². The summed E-state index contributed by atoms with van der Waals surface area (Å²) in [6, 6.07) is 0. The molecule has 0 radical (unpaired) electrons. The first kappa shape index (κ1) is 12.2. The zero-order chi connectivity index (χ0) is 11.8. The van der Waals surface area contributed by atoms with E-state index in [1.54, 1.807) is 5.57 Å². The first-order valence-corrected chi connectivity index (χ1v) is 7.00. The molecule has 1 nitrogen and oxygen atoms in total. The first-order valence-electron chi connectivity index (χ1n) is 7.00. The maximum absolute atomic E-state index is 2.55. The fourth-order valence-corrected chi connectivity index (χ4v) is 3.58. The molecule has 3 aliphatic carbocycles. The van der Waals surface area contributed by atoms with E-state index in [-0.39, 0.29) is 0 Å². The summed E-state index contributed by atoms with van der Waals surface area (Å²) in [5.74, 6) is 1.89. The van der Waals surface area contributed by atoms with E-state index in [1.165, 1.54) is 38.9 Å². The normalized spacial score (nSPS) is 31.2. The number of allylic oxidation sites excluding steroid dienone is 1. The highest BCUT2D eigenvalue weighted by atomic mass is 15.1. The molecule has 3 rings (SSSR count). The third kappa shape index (κ3) is 1.95. The lowest BCUT2D eigenvalue weighted by Crippen LogP contribution is -2.48. The van der Waals surface area contributed by atoms with E-state index in [0.717, 1.165) is 11.8 Å². The van der Waals surface area contributed by atoms with E-state index in [2.05, 4.69) is 38.7 Å². The van der Waals surface area contributed by atoms with Gasteiger partial charge >= 0.3 is 0 Å². The van der Waals surface area contributed by atoms with Crippen LogP contribution >= 0.6 is 0 Å². The second kappa shape index (κ2) is 4.52. The molecule has 0 heterocycles. The molecule has 0 aromatic carbocycles. The average molecular weight is 221 g/mol. The SMILES string of the molecule is CCN(CC)CCC1=CC[C@H]2C[C@@H]1C2(C)C. The van der Waals surface area contributed by atoms with Crippen LogP contribution in [-0.2, 0) is 0 Å². The van der Waals surface area contributed by atoms with Gasteiger partial charge in [0.15, 0.2) is 0 Å². The Bertz CT molecular complexity index is 273. The van der Waals surface area contributed by atoms with Crippen LogP contribution in [0.2, 0.25) is 0 Å². The van der Waals surface area contributed by atoms with Crippen molar-refractivity contribution in [2.24, 2.45) is 17.3 Å². The Morgan fingerprint density at radius 2 is 2.00 bits per heavy atom. The average Bonchev–Trinajstić information content (AvgIpc) is 2.30. The van der Waals surface area contributed by atoms with Crippen molar-refractivity contribution in [3.63, 3.8) is 0 Å². The van der Waals surface area contributed by atoms with Gasteiger partial charge in [0.1, 0.15) is 0 Å². The summed E-state index contributed by atoms with van der Waals surface area (Å²) in [6.07, 6.45) is 6.67. The van der Waals surface area contributed by atoms with Crippen molar-refractivity contribution in [3.8, 4) is 0 Å². The Hall–Kier alpha value is -0.300. The standard InChI is InChI=1S/C15H27N/c1-5-16(6-2)10-9-12-7-8-13-11-14(12)15(13,3)4/h7,13-14H,5-6,8-11H2,1-4H3/t13-,14-/m0/s1. The van der Waals surface area contributed by atoms with Crippen molar-refractivity contribution in [1.82, 2.24) is 4.90 Å². The van der Waals surface area contributed by atoms with Crippen LogP contribution in [0.3, 0.4) is 0 Å². The molecule has 3 aliphatic rings. The maximum atomic E-state index is 2.55. The number of rotatable bonds is 5. The summed E-state index contributed by atoms with van der Waals surface area (Å²) >= 11 is 0. The molecule has 0 amide bonds. The van der Waals surface area contributed by atoms with Crippen molar-refractivity contribution in [2.75, 3.05) is 19.6 Å². The van der Waals surface area contributed by atoms with Gasteiger partial charge in [-0.25, -0.2) is 0 Å². The summed E-state index contributed by atoms with van der Waals surface area (Å²) in [6.45, 7) is 13.1. The summed E-state index contributed by atoms with van der Waals surface area (Å²) in [5, 5.41) is 0. The smallest absolute Gasteiger partial charge is 0.00184 e. The lowest BCUT2D eigenvalue weighted by molar-refractivity contribution is -0.00889. The molecule has 0 unspecified atom stereocenters. The molecule has 0 spiro atoms. The molecule has 1 heteroatoms. The molecule has 0 aromatic rings. The van der Waals surface area contributed by atoms with E-state index in [1.807, 2.05) is 0 Å². The van der Waals surface area contributed by atoms with E-state index in [4.69, 9.17) is 0 Å². The molecule has 0 N–H and O–H groups in total. The largest absolute Gasteiger partial charge is 0.304 e. The van der Waals surface area contributed by atoms with Crippen molar-refractivity contribution < 1.29 is 0 Å². The lowest BCUT2D eigenvalue weighted by Gasteiger charge is -2.56. The third-order valence-corrected chi connectivity index (χ3v) is 5.19. The van der Waals surface area contributed by atoms with Crippen molar-refractivity contribution in [1.29, 1.82) is 0 Å². The number of hydrogen-bond acceptors (Lipinski definition) is 1. The molecule has 1 saturated carbocycles. The topological polar surface area (TPSA) is 3.24 Å². The Labute approximate surface area is 101 Å². The summed E-state index contributed by atoms with van der Waals surface area (Å²) in [7, 11) is 0. The van der Waals surface area contributed by atoms with Gasteiger partial charge in [-0.15, -0.1) is 0 Å². The van der Waals surface area contributed by atoms with Crippen LogP contribution in [-0.4, -0.2) is 24.5 Å². The van der Waals surface area contributed by atoms with Crippen LogP contribution in [0.15, 0.2) is 11.6 Å². The molecule has 2 bridgehead atoms. The van der Waals surface area contributed by atoms with Crippen molar-refractivity contribution >= 4 is 0 Å². The second-order valence-electron chi connectivity index (χ2n) is 6.10. The molecule has 16 heavy (non-hydrogen) atoms. The van der Waals surface area contributed by atoms with Crippen molar-refractivity contribution in [3.05, 3.63) is 11.6 Å². The van der Waals surface area contributed by atoms with Crippen LogP contribution in [0.1, 0.15) is 47.0 Å². The Balaban J connectivity index is 1.89. The first-order chi connectivity index (χ1) is 7.59. The van der Waals surface area contributed by atoms with E-state index >= 15 is 0 Å². The van der Waals surface area contributed by atoms with Gasteiger partial charge in [-0.2, -0.15) is 0 Å². The molecular formula is C15H27N. The Morgan fingerprint density at radius 3 is 2.50 bits per heavy atom. The number of fused-ring (bicyclic) bond motifs is 1. The lowest BCUT2D eigenvalue weighted by atomic mass is 9.48. The quantitative estimate of drug-likeness (QED) is 0.640. The zero-order valence-electron chi connectivity index (χ0n) is 11.4. The highest BCUT2D eigenvalue weighted by Gasteiger charge is 2.50. The predicted molar refractivity (Wildman–Crippen MR) is 70.5 cm³/mol. The monoisotopic (exact) mass is 221 g/mol. The van der Waals surface area contributed by atoms with Gasteiger partial charge in [-0.1, -0.05) is 39.3 Å².